The summed E-state index contributed by atoms with van der Waals surface area (Å²) in [6, 6.07) is 12.3. The number of hydrogen-bond acceptors (Lipinski definition) is 5. The highest BCUT2D eigenvalue weighted by Gasteiger charge is 2.14. The zero-order valence-electron chi connectivity index (χ0n) is 13.6. The van der Waals surface area contributed by atoms with Gasteiger partial charge in [-0.05, 0) is 48.5 Å². The van der Waals surface area contributed by atoms with Gasteiger partial charge in [-0.25, -0.2) is 14.4 Å². The number of anilines is 1. The molecule has 1 N–H and O–H groups in total. The highest BCUT2D eigenvalue weighted by atomic mass is 35.5. The molecule has 0 saturated heterocycles. The van der Waals surface area contributed by atoms with Crippen LogP contribution in [0.2, 0.25) is 5.02 Å². The van der Waals surface area contributed by atoms with Crippen molar-refractivity contribution in [3.8, 4) is 0 Å². The van der Waals surface area contributed by atoms with E-state index in [1.165, 1.54) is 35.6 Å². The number of amides is 1. The first-order chi connectivity index (χ1) is 13.1. The summed E-state index contributed by atoms with van der Waals surface area (Å²) in [5.41, 5.74) is 1.29. The number of benzene rings is 2. The van der Waals surface area contributed by atoms with Gasteiger partial charge in [-0.3, -0.25) is 10.1 Å². The fourth-order valence-corrected chi connectivity index (χ4v) is 3.13. The van der Waals surface area contributed by atoms with Crippen molar-refractivity contribution >= 4 is 50.6 Å². The Morgan fingerprint density at radius 1 is 1.19 bits per heavy atom. The second kappa shape index (κ2) is 7.30. The maximum atomic E-state index is 13.1. The van der Waals surface area contributed by atoms with Crippen LogP contribution in [0.25, 0.3) is 11.0 Å². The monoisotopic (exact) mass is 399 g/mol. The van der Waals surface area contributed by atoms with Gasteiger partial charge in [0.05, 0.1) is 5.69 Å². The Hall–Kier alpha value is -3.03. The van der Waals surface area contributed by atoms with Gasteiger partial charge in [-0.15, -0.1) is 11.3 Å². The Morgan fingerprint density at radius 2 is 2.00 bits per heavy atom. The molecule has 134 valence electrons. The second-order valence-electron chi connectivity index (χ2n) is 5.53. The van der Waals surface area contributed by atoms with Crippen molar-refractivity contribution in [2.24, 2.45) is 4.99 Å². The molecule has 0 aliphatic rings. The molecule has 2 heterocycles. The number of hydrogen-bond donors (Lipinski definition) is 1. The summed E-state index contributed by atoms with van der Waals surface area (Å²) >= 11 is 7.34. The summed E-state index contributed by atoms with van der Waals surface area (Å²) in [6.07, 6.45) is 1.59. The molecule has 27 heavy (non-hydrogen) atoms. The summed E-state index contributed by atoms with van der Waals surface area (Å²) in [6.45, 7) is 0. The number of rotatable bonds is 3. The Labute approximate surface area is 161 Å². The molecular weight excluding hydrogens is 389 g/mol. The zero-order chi connectivity index (χ0) is 18.8. The fraction of sp³-hybridized carbons (Fsp3) is 0. The summed E-state index contributed by atoms with van der Waals surface area (Å²) < 4.78 is 19.0. The molecule has 0 aliphatic heterocycles. The van der Waals surface area contributed by atoms with Crippen molar-refractivity contribution in [2.45, 2.75) is 0 Å². The van der Waals surface area contributed by atoms with Gasteiger partial charge >= 0.3 is 0 Å². The van der Waals surface area contributed by atoms with Crippen molar-refractivity contribution in [1.82, 2.24) is 4.98 Å². The van der Waals surface area contributed by atoms with E-state index >= 15 is 0 Å². The van der Waals surface area contributed by atoms with Crippen LogP contribution in [0.4, 0.5) is 15.2 Å². The van der Waals surface area contributed by atoms with E-state index in [9.17, 15) is 9.18 Å². The molecule has 0 unspecified atom stereocenters. The van der Waals surface area contributed by atoms with E-state index in [0.29, 0.717) is 26.8 Å². The Kier molecular flexibility index (Phi) is 4.70. The van der Waals surface area contributed by atoms with E-state index in [0.717, 1.165) is 0 Å². The fourth-order valence-electron chi connectivity index (χ4n) is 2.43. The minimum Gasteiger partial charge on any atom is -0.438 e. The third-order valence-corrected chi connectivity index (χ3v) is 4.59. The number of thiazole rings is 1. The number of nitrogens with zero attached hydrogens (tertiary/aromatic N) is 2. The number of halogens is 2. The molecular formula is C19H11ClFN3O2S. The van der Waals surface area contributed by atoms with Crippen molar-refractivity contribution in [3.63, 3.8) is 0 Å². The molecule has 0 atom stereocenters. The predicted molar refractivity (Wildman–Crippen MR) is 103 cm³/mol. The first-order valence-corrected chi connectivity index (χ1v) is 9.09. The standard InChI is InChI=1S/C19H11ClFN3O2S/c20-12-1-6-16-11(9-12)10-15(17(25)24-19-22-7-8-27-19)18(26-16)23-14-4-2-13(21)3-5-14/h1-10H,(H,22,24,25). The van der Waals surface area contributed by atoms with Crippen molar-refractivity contribution in [2.75, 3.05) is 5.32 Å². The summed E-state index contributed by atoms with van der Waals surface area (Å²) in [5, 5.41) is 6.10. The van der Waals surface area contributed by atoms with E-state index in [-0.39, 0.29) is 16.9 Å². The molecule has 4 aromatic rings. The number of aromatic nitrogens is 1. The second-order valence-corrected chi connectivity index (χ2v) is 6.86. The Balaban J connectivity index is 1.87. The van der Waals surface area contributed by atoms with Gasteiger partial charge in [0, 0.05) is 22.0 Å². The lowest BCUT2D eigenvalue weighted by atomic mass is 10.1. The molecule has 0 spiro atoms. The van der Waals surface area contributed by atoms with Crippen LogP contribution in [-0.4, -0.2) is 10.9 Å². The molecule has 0 fully saturated rings. The van der Waals surface area contributed by atoms with Crippen LogP contribution in [0.15, 0.2) is 69.5 Å². The first-order valence-electron chi connectivity index (χ1n) is 7.83. The summed E-state index contributed by atoms with van der Waals surface area (Å²) in [5.74, 6) is -0.794. The molecule has 4 rings (SSSR count). The minimum atomic E-state index is -0.420. The van der Waals surface area contributed by atoms with Crippen LogP contribution in [0.5, 0.6) is 0 Å². The molecule has 5 nitrogen and oxygen atoms in total. The summed E-state index contributed by atoms with van der Waals surface area (Å²) in [4.78, 5) is 21.2. The quantitative estimate of drug-likeness (QED) is 0.517. The predicted octanol–water partition coefficient (Wildman–Crippen LogP) is 5.17. The molecule has 0 saturated carbocycles. The zero-order valence-corrected chi connectivity index (χ0v) is 15.2. The lowest BCUT2D eigenvalue weighted by Crippen LogP contribution is -2.21. The van der Waals surface area contributed by atoms with Crippen LogP contribution in [0.1, 0.15) is 10.4 Å². The van der Waals surface area contributed by atoms with Crippen molar-refractivity contribution in [1.29, 1.82) is 0 Å². The number of carbonyl (C=O) groups is 1. The van der Waals surface area contributed by atoms with Gasteiger partial charge in [0.2, 0.25) is 5.55 Å². The lowest BCUT2D eigenvalue weighted by Gasteiger charge is -2.05. The molecule has 2 aromatic carbocycles. The van der Waals surface area contributed by atoms with Crippen LogP contribution >= 0.6 is 22.9 Å². The van der Waals surface area contributed by atoms with Gasteiger partial charge in [-0.2, -0.15) is 0 Å². The SMILES string of the molecule is O=C(Nc1nccs1)c1cc2cc(Cl)ccc2oc1=Nc1ccc(F)cc1. The van der Waals surface area contributed by atoms with Crippen molar-refractivity contribution < 1.29 is 13.6 Å². The molecule has 2 aromatic heterocycles. The van der Waals surface area contributed by atoms with Crippen LogP contribution in [0, 0.1) is 5.82 Å². The Bertz CT molecular complexity index is 1190. The molecule has 8 heteroatoms. The van der Waals surface area contributed by atoms with Crippen LogP contribution in [-0.2, 0) is 0 Å². The number of fused-ring (bicyclic) bond motifs is 1. The molecule has 0 aliphatic carbocycles. The third kappa shape index (κ3) is 3.89. The number of nitrogens with one attached hydrogen (secondary N) is 1. The van der Waals surface area contributed by atoms with Gasteiger partial charge in [0.15, 0.2) is 5.13 Å². The van der Waals surface area contributed by atoms with E-state index in [2.05, 4.69) is 15.3 Å². The topological polar surface area (TPSA) is 67.5 Å². The number of carbonyl (C=O) groups excluding carboxylic acids is 1. The average molecular weight is 400 g/mol. The maximum absolute atomic E-state index is 13.1. The van der Waals surface area contributed by atoms with Gasteiger partial charge < -0.3 is 4.42 Å². The molecule has 0 radical (unpaired) electrons. The van der Waals surface area contributed by atoms with E-state index < -0.39 is 5.91 Å². The van der Waals surface area contributed by atoms with E-state index in [1.807, 2.05) is 0 Å². The van der Waals surface area contributed by atoms with Crippen LogP contribution in [0.3, 0.4) is 0 Å². The first kappa shape index (κ1) is 17.4. The molecule has 0 bridgehead atoms. The normalized spacial score (nSPS) is 11.7. The Morgan fingerprint density at radius 3 is 2.74 bits per heavy atom. The average Bonchev–Trinajstić information content (AvgIpc) is 3.16. The largest absolute Gasteiger partial charge is 0.438 e. The van der Waals surface area contributed by atoms with Gasteiger partial charge in [-0.1, -0.05) is 11.6 Å². The maximum Gasteiger partial charge on any atom is 0.262 e. The molecule has 1 amide bonds. The smallest absolute Gasteiger partial charge is 0.262 e. The summed E-state index contributed by atoms with van der Waals surface area (Å²) in [7, 11) is 0. The highest BCUT2D eigenvalue weighted by molar-refractivity contribution is 7.13. The van der Waals surface area contributed by atoms with Gasteiger partial charge in [0.1, 0.15) is 17.0 Å². The lowest BCUT2D eigenvalue weighted by molar-refractivity contribution is 0.102. The third-order valence-electron chi connectivity index (χ3n) is 3.66. The minimum absolute atomic E-state index is 0.102. The highest BCUT2D eigenvalue weighted by Crippen LogP contribution is 2.20. The van der Waals surface area contributed by atoms with E-state index in [4.69, 9.17) is 16.0 Å². The van der Waals surface area contributed by atoms with E-state index in [1.54, 1.807) is 35.8 Å². The van der Waals surface area contributed by atoms with Crippen molar-refractivity contribution in [3.05, 3.63) is 82.1 Å². The van der Waals surface area contributed by atoms with Gasteiger partial charge in [0.25, 0.3) is 5.91 Å². The van der Waals surface area contributed by atoms with Crippen LogP contribution < -0.4 is 10.9 Å².